The Kier molecular flexibility index (Phi) is 4.18. The van der Waals surface area contributed by atoms with Gasteiger partial charge in [-0.3, -0.25) is 9.36 Å². The quantitative estimate of drug-likeness (QED) is 0.926. The molecular weight excluding hydrogens is 318 g/mol. The van der Waals surface area contributed by atoms with Gasteiger partial charge in [0.2, 0.25) is 5.95 Å². The van der Waals surface area contributed by atoms with Gasteiger partial charge in [0.25, 0.3) is 5.56 Å². The van der Waals surface area contributed by atoms with E-state index in [1.54, 1.807) is 4.57 Å². The van der Waals surface area contributed by atoms with Crippen molar-refractivity contribution in [1.82, 2.24) is 9.55 Å². The van der Waals surface area contributed by atoms with Crippen LogP contribution in [0.4, 0.5) is 5.95 Å². The maximum absolute atomic E-state index is 12.6. The Labute approximate surface area is 127 Å². The Morgan fingerprint density at radius 1 is 1.35 bits per heavy atom. The molecule has 0 aliphatic heterocycles. The number of hydrogen-bond acceptors (Lipinski definition) is 3. The summed E-state index contributed by atoms with van der Waals surface area (Å²) >= 11 is 3.47. The van der Waals surface area contributed by atoms with E-state index in [1.165, 1.54) is 0 Å². The average molecular weight is 338 g/mol. The molecule has 2 rings (SSSR count). The molecule has 0 aliphatic carbocycles. The van der Waals surface area contributed by atoms with Crippen LogP contribution in [0.2, 0.25) is 0 Å². The van der Waals surface area contributed by atoms with E-state index >= 15 is 0 Å². The third kappa shape index (κ3) is 3.03. The van der Waals surface area contributed by atoms with Gasteiger partial charge in [-0.2, -0.15) is 0 Å². The van der Waals surface area contributed by atoms with Gasteiger partial charge in [-0.15, -0.1) is 0 Å². The second-order valence-corrected chi connectivity index (χ2v) is 6.76. The molecule has 0 saturated carbocycles. The molecule has 2 aromatic rings. The van der Waals surface area contributed by atoms with Crippen molar-refractivity contribution < 1.29 is 0 Å². The Hall–Kier alpha value is -1.36. The van der Waals surface area contributed by atoms with Gasteiger partial charge in [-0.25, -0.2) is 4.98 Å². The van der Waals surface area contributed by atoms with Crippen LogP contribution >= 0.6 is 15.9 Å². The number of nitrogens with zero attached hydrogens (tertiary/aromatic N) is 2. The van der Waals surface area contributed by atoms with Crippen LogP contribution in [-0.2, 0) is 6.54 Å². The van der Waals surface area contributed by atoms with Crippen LogP contribution < -0.4 is 10.9 Å². The minimum absolute atomic E-state index is 0.00454. The Balaban J connectivity index is 2.74. The lowest BCUT2D eigenvalue weighted by Gasteiger charge is -2.24. The van der Waals surface area contributed by atoms with Crippen LogP contribution in [-0.4, -0.2) is 15.1 Å². The summed E-state index contributed by atoms with van der Waals surface area (Å²) in [6.45, 7) is 8.88. The first-order chi connectivity index (χ1) is 9.33. The van der Waals surface area contributed by atoms with Crippen molar-refractivity contribution in [2.24, 2.45) is 0 Å². The van der Waals surface area contributed by atoms with Gasteiger partial charge >= 0.3 is 0 Å². The molecule has 5 heteroatoms. The molecule has 1 N–H and O–H groups in total. The highest BCUT2D eigenvalue weighted by atomic mass is 79.9. The normalized spacial score (nSPS) is 11.8. The van der Waals surface area contributed by atoms with Crippen LogP contribution in [0.15, 0.2) is 27.5 Å². The summed E-state index contributed by atoms with van der Waals surface area (Å²) in [6.07, 6.45) is 0.889. The number of anilines is 1. The zero-order valence-corrected chi connectivity index (χ0v) is 13.9. The molecule has 0 spiro atoms. The molecule has 0 atom stereocenters. The number of rotatable bonds is 3. The molecule has 20 heavy (non-hydrogen) atoms. The van der Waals surface area contributed by atoms with Gasteiger partial charge in [-0.1, -0.05) is 13.0 Å². The fraction of sp³-hybridized carbons (Fsp3) is 0.467. The number of para-hydroxylation sites is 1. The van der Waals surface area contributed by atoms with Gasteiger partial charge < -0.3 is 5.32 Å². The fourth-order valence-electron chi connectivity index (χ4n) is 2.07. The van der Waals surface area contributed by atoms with Crippen LogP contribution in [0.5, 0.6) is 0 Å². The Morgan fingerprint density at radius 2 is 2.05 bits per heavy atom. The number of aromatic nitrogens is 2. The van der Waals surface area contributed by atoms with Crippen LogP contribution in [0.3, 0.4) is 0 Å². The minimum Gasteiger partial charge on any atom is -0.351 e. The standard InChI is InChI=1S/C15H20BrN3O/c1-5-9-19-13(20)10-7-6-8-11(16)12(10)17-14(19)18-15(2,3)4/h6-8H,5,9H2,1-4H3,(H,17,18). The van der Waals surface area contributed by atoms with Gasteiger partial charge in [0.15, 0.2) is 0 Å². The van der Waals surface area contributed by atoms with Gasteiger partial charge in [-0.05, 0) is 55.3 Å². The van der Waals surface area contributed by atoms with Crippen molar-refractivity contribution in [3.8, 4) is 0 Å². The van der Waals surface area contributed by atoms with E-state index in [0.29, 0.717) is 23.4 Å². The van der Waals surface area contributed by atoms with Crippen molar-refractivity contribution >= 4 is 32.8 Å². The summed E-state index contributed by atoms with van der Waals surface area (Å²) in [5.74, 6) is 0.628. The largest absolute Gasteiger partial charge is 0.351 e. The molecule has 108 valence electrons. The molecule has 0 aliphatic rings. The van der Waals surface area contributed by atoms with Crippen molar-refractivity contribution in [3.05, 3.63) is 33.0 Å². The summed E-state index contributed by atoms with van der Waals surface area (Å²) in [4.78, 5) is 17.3. The van der Waals surface area contributed by atoms with E-state index in [4.69, 9.17) is 0 Å². The summed E-state index contributed by atoms with van der Waals surface area (Å²) in [5.41, 5.74) is 0.561. The molecule has 4 nitrogen and oxygen atoms in total. The number of hydrogen-bond donors (Lipinski definition) is 1. The summed E-state index contributed by atoms with van der Waals surface area (Å²) < 4.78 is 2.56. The maximum Gasteiger partial charge on any atom is 0.262 e. The molecule has 0 unspecified atom stereocenters. The molecule has 0 amide bonds. The monoisotopic (exact) mass is 337 g/mol. The highest BCUT2D eigenvalue weighted by Gasteiger charge is 2.17. The summed E-state index contributed by atoms with van der Waals surface area (Å²) in [5, 5.41) is 3.97. The van der Waals surface area contributed by atoms with Gasteiger partial charge in [0, 0.05) is 16.6 Å². The van der Waals surface area contributed by atoms with Crippen molar-refractivity contribution in [1.29, 1.82) is 0 Å². The Bertz CT molecular complexity index is 686. The first kappa shape index (κ1) is 15.0. The van der Waals surface area contributed by atoms with E-state index in [0.717, 1.165) is 10.9 Å². The zero-order chi connectivity index (χ0) is 14.9. The molecule has 0 bridgehead atoms. The van der Waals surface area contributed by atoms with Gasteiger partial charge in [0.1, 0.15) is 0 Å². The second kappa shape index (κ2) is 5.56. The molecule has 1 heterocycles. The molecule has 0 fully saturated rings. The lowest BCUT2D eigenvalue weighted by molar-refractivity contribution is 0.591. The number of halogens is 1. The maximum atomic E-state index is 12.6. The van der Waals surface area contributed by atoms with Crippen LogP contribution in [0.25, 0.3) is 10.9 Å². The minimum atomic E-state index is -0.149. The van der Waals surface area contributed by atoms with E-state index in [2.05, 4.69) is 53.9 Å². The first-order valence-corrected chi connectivity index (χ1v) is 7.60. The predicted octanol–water partition coefficient (Wildman–Crippen LogP) is 3.78. The van der Waals surface area contributed by atoms with Crippen LogP contribution in [0, 0.1) is 0 Å². The smallest absolute Gasteiger partial charge is 0.262 e. The summed E-state index contributed by atoms with van der Waals surface area (Å²) in [6, 6.07) is 5.59. The number of fused-ring (bicyclic) bond motifs is 1. The van der Waals surface area contributed by atoms with Gasteiger partial charge in [0.05, 0.1) is 10.9 Å². The third-order valence-electron chi connectivity index (χ3n) is 2.87. The third-order valence-corrected chi connectivity index (χ3v) is 3.51. The number of benzene rings is 1. The first-order valence-electron chi connectivity index (χ1n) is 6.80. The average Bonchev–Trinajstić information content (AvgIpc) is 2.34. The van der Waals surface area contributed by atoms with Crippen molar-refractivity contribution in [2.75, 3.05) is 5.32 Å². The molecular formula is C15H20BrN3O. The van der Waals surface area contributed by atoms with E-state index in [9.17, 15) is 4.79 Å². The lowest BCUT2D eigenvalue weighted by atomic mass is 10.1. The van der Waals surface area contributed by atoms with Crippen molar-refractivity contribution in [3.63, 3.8) is 0 Å². The lowest BCUT2D eigenvalue weighted by Crippen LogP contribution is -2.33. The fourth-order valence-corrected chi connectivity index (χ4v) is 2.53. The van der Waals surface area contributed by atoms with Crippen molar-refractivity contribution in [2.45, 2.75) is 46.2 Å². The molecule has 1 aromatic carbocycles. The van der Waals surface area contributed by atoms with E-state index < -0.39 is 0 Å². The predicted molar refractivity (Wildman–Crippen MR) is 87.4 cm³/mol. The molecule has 0 radical (unpaired) electrons. The SMILES string of the molecule is CCCn1c(NC(C)(C)C)nc2c(Br)cccc2c1=O. The van der Waals surface area contributed by atoms with E-state index in [1.807, 2.05) is 18.2 Å². The second-order valence-electron chi connectivity index (χ2n) is 5.90. The Morgan fingerprint density at radius 3 is 2.65 bits per heavy atom. The summed E-state index contributed by atoms with van der Waals surface area (Å²) in [7, 11) is 0. The highest BCUT2D eigenvalue weighted by molar-refractivity contribution is 9.10. The number of nitrogens with one attached hydrogen (secondary N) is 1. The molecule has 1 aromatic heterocycles. The zero-order valence-electron chi connectivity index (χ0n) is 12.3. The van der Waals surface area contributed by atoms with Crippen LogP contribution in [0.1, 0.15) is 34.1 Å². The molecule has 0 saturated heterocycles. The highest BCUT2D eigenvalue weighted by Crippen LogP contribution is 2.22. The topological polar surface area (TPSA) is 46.9 Å². The van der Waals surface area contributed by atoms with E-state index in [-0.39, 0.29) is 11.1 Å².